The molecule has 0 radical (unpaired) electrons. The zero-order valence-electron chi connectivity index (χ0n) is 12.7. The van der Waals surface area contributed by atoms with Crippen molar-refractivity contribution in [2.75, 3.05) is 13.2 Å². The van der Waals surface area contributed by atoms with E-state index in [-0.39, 0.29) is 30.5 Å². The molecule has 4 N–H and O–H groups in total. The minimum atomic E-state index is -0.345. The van der Waals surface area contributed by atoms with Gasteiger partial charge >= 0.3 is 0 Å². The average Bonchev–Trinajstić information content (AvgIpc) is 2.41. The molecule has 1 aromatic rings. The van der Waals surface area contributed by atoms with E-state index in [1.54, 1.807) is 12.1 Å². The highest BCUT2D eigenvalue weighted by Gasteiger charge is 2.14. The Hall–Kier alpha value is -2.08. The fraction of sp³-hybridized carbons (Fsp3) is 0.467. The number of rotatable bonds is 6. The molecule has 0 aromatic heterocycles. The SMILES string of the molecule is CC(C)(C)NC(=O)CNC(=O)COc1ccc(CN)cc1. The van der Waals surface area contributed by atoms with Crippen molar-refractivity contribution >= 4 is 11.8 Å². The molecule has 1 aromatic carbocycles. The van der Waals surface area contributed by atoms with Gasteiger partial charge in [-0.15, -0.1) is 0 Å². The predicted molar refractivity (Wildman–Crippen MR) is 80.7 cm³/mol. The molecule has 0 atom stereocenters. The van der Waals surface area contributed by atoms with E-state index in [1.165, 1.54) is 0 Å². The van der Waals surface area contributed by atoms with Crippen LogP contribution >= 0.6 is 0 Å². The lowest BCUT2D eigenvalue weighted by Crippen LogP contribution is -2.46. The smallest absolute Gasteiger partial charge is 0.258 e. The number of ether oxygens (including phenoxy) is 1. The molecule has 0 aliphatic heterocycles. The van der Waals surface area contributed by atoms with Crippen LogP contribution in [0.4, 0.5) is 0 Å². The van der Waals surface area contributed by atoms with Gasteiger partial charge in [0.15, 0.2) is 6.61 Å². The first-order valence-electron chi connectivity index (χ1n) is 6.79. The van der Waals surface area contributed by atoms with E-state index in [0.29, 0.717) is 12.3 Å². The summed E-state index contributed by atoms with van der Waals surface area (Å²) < 4.78 is 5.32. The van der Waals surface area contributed by atoms with E-state index in [4.69, 9.17) is 10.5 Å². The summed E-state index contributed by atoms with van der Waals surface area (Å²) in [6.07, 6.45) is 0. The number of benzene rings is 1. The highest BCUT2D eigenvalue weighted by molar-refractivity contribution is 5.85. The summed E-state index contributed by atoms with van der Waals surface area (Å²) in [5, 5.41) is 5.26. The van der Waals surface area contributed by atoms with Crippen molar-refractivity contribution in [3.05, 3.63) is 29.8 Å². The topological polar surface area (TPSA) is 93.5 Å². The highest BCUT2D eigenvalue weighted by atomic mass is 16.5. The number of amides is 2. The molecular formula is C15H23N3O3. The Morgan fingerprint density at radius 2 is 1.76 bits per heavy atom. The lowest BCUT2D eigenvalue weighted by atomic mass is 10.1. The third-order valence-corrected chi connectivity index (χ3v) is 2.49. The van der Waals surface area contributed by atoms with Gasteiger partial charge in [-0.05, 0) is 38.5 Å². The Balaban J connectivity index is 2.29. The quantitative estimate of drug-likeness (QED) is 0.714. The van der Waals surface area contributed by atoms with Crippen LogP contribution in [0, 0.1) is 0 Å². The standard InChI is InChI=1S/C15H23N3O3/c1-15(2,3)18-13(19)9-17-14(20)10-21-12-6-4-11(8-16)5-7-12/h4-7H,8-10,16H2,1-3H3,(H,17,20)(H,18,19). The molecule has 0 unspecified atom stereocenters. The molecule has 0 bridgehead atoms. The number of nitrogens with two attached hydrogens (primary N) is 1. The van der Waals surface area contributed by atoms with Gasteiger partial charge in [0.25, 0.3) is 5.91 Å². The molecule has 0 fully saturated rings. The van der Waals surface area contributed by atoms with Crippen LogP contribution in [-0.2, 0) is 16.1 Å². The summed E-state index contributed by atoms with van der Waals surface area (Å²) in [7, 11) is 0. The molecule has 116 valence electrons. The van der Waals surface area contributed by atoms with Crippen molar-refractivity contribution in [1.82, 2.24) is 10.6 Å². The Kier molecular flexibility index (Phi) is 6.17. The Morgan fingerprint density at radius 1 is 1.14 bits per heavy atom. The largest absolute Gasteiger partial charge is 0.484 e. The molecule has 0 spiro atoms. The van der Waals surface area contributed by atoms with Gasteiger partial charge in [-0.1, -0.05) is 12.1 Å². The van der Waals surface area contributed by atoms with E-state index < -0.39 is 0 Å². The molecule has 6 heteroatoms. The van der Waals surface area contributed by atoms with Crippen molar-refractivity contribution in [2.45, 2.75) is 32.9 Å². The van der Waals surface area contributed by atoms with E-state index in [9.17, 15) is 9.59 Å². The first-order valence-corrected chi connectivity index (χ1v) is 6.79. The zero-order valence-corrected chi connectivity index (χ0v) is 12.7. The Bertz CT molecular complexity index is 478. The van der Waals surface area contributed by atoms with Gasteiger partial charge in [-0.25, -0.2) is 0 Å². The maximum atomic E-state index is 11.6. The van der Waals surface area contributed by atoms with Crippen LogP contribution in [0.25, 0.3) is 0 Å². The van der Waals surface area contributed by atoms with E-state index in [1.807, 2.05) is 32.9 Å². The van der Waals surface area contributed by atoms with Gasteiger partial charge in [-0.3, -0.25) is 9.59 Å². The molecule has 0 aliphatic carbocycles. The lowest BCUT2D eigenvalue weighted by molar-refractivity contribution is -0.127. The number of hydrogen-bond acceptors (Lipinski definition) is 4. The molecule has 6 nitrogen and oxygen atoms in total. The van der Waals surface area contributed by atoms with Crippen LogP contribution in [-0.4, -0.2) is 30.5 Å². The van der Waals surface area contributed by atoms with Gasteiger partial charge in [0.2, 0.25) is 5.91 Å². The molecule has 0 heterocycles. The van der Waals surface area contributed by atoms with Crippen molar-refractivity contribution in [1.29, 1.82) is 0 Å². The maximum absolute atomic E-state index is 11.6. The highest BCUT2D eigenvalue weighted by Crippen LogP contribution is 2.11. The molecule has 2 amide bonds. The van der Waals surface area contributed by atoms with E-state index in [0.717, 1.165) is 5.56 Å². The second-order valence-electron chi connectivity index (χ2n) is 5.71. The molecule has 1 rings (SSSR count). The van der Waals surface area contributed by atoms with Crippen LogP contribution in [0.5, 0.6) is 5.75 Å². The molecule has 0 saturated carbocycles. The number of carbonyl (C=O) groups is 2. The van der Waals surface area contributed by atoms with Crippen LogP contribution in [0.2, 0.25) is 0 Å². The Morgan fingerprint density at radius 3 is 2.29 bits per heavy atom. The second-order valence-corrected chi connectivity index (χ2v) is 5.71. The first kappa shape index (κ1) is 17.0. The summed E-state index contributed by atoms with van der Waals surface area (Å²) in [5.74, 6) is 0.00611. The van der Waals surface area contributed by atoms with Gasteiger partial charge in [0.05, 0.1) is 6.54 Å². The van der Waals surface area contributed by atoms with E-state index in [2.05, 4.69) is 10.6 Å². The van der Waals surface area contributed by atoms with Crippen LogP contribution in [0.3, 0.4) is 0 Å². The zero-order chi connectivity index (χ0) is 15.9. The van der Waals surface area contributed by atoms with Gasteiger partial charge < -0.3 is 21.1 Å². The summed E-state index contributed by atoms with van der Waals surface area (Å²) in [6.45, 7) is 5.89. The van der Waals surface area contributed by atoms with Gasteiger partial charge in [0, 0.05) is 12.1 Å². The lowest BCUT2D eigenvalue weighted by Gasteiger charge is -2.20. The maximum Gasteiger partial charge on any atom is 0.258 e. The fourth-order valence-electron chi connectivity index (χ4n) is 1.56. The monoisotopic (exact) mass is 293 g/mol. The van der Waals surface area contributed by atoms with Crippen molar-refractivity contribution in [3.8, 4) is 5.75 Å². The Labute approximate surface area is 125 Å². The third-order valence-electron chi connectivity index (χ3n) is 2.49. The second kappa shape index (κ2) is 7.64. The number of carbonyl (C=O) groups excluding carboxylic acids is 2. The minimum Gasteiger partial charge on any atom is -0.484 e. The minimum absolute atomic E-state index is 0.0639. The first-order chi connectivity index (χ1) is 9.80. The fourth-order valence-corrected chi connectivity index (χ4v) is 1.56. The van der Waals surface area contributed by atoms with Crippen LogP contribution in [0.15, 0.2) is 24.3 Å². The van der Waals surface area contributed by atoms with Crippen LogP contribution < -0.4 is 21.1 Å². The average molecular weight is 293 g/mol. The molecular weight excluding hydrogens is 270 g/mol. The number of hydrogen-bond donors (Lipinski definition) is 3. The third kappa shape index (κ3) is 7.31. The predicted octanol–water partition coefficient (Wildman–Crippen LogP) is 0.555. The summed E-state index contributed by atoms with van der Waals surface area (Å²) in [6, 6.07) is 7.18. The normalized spacial score (nSPS) is 10.9. The van der Waals surface area contributed by atoms with Crippen molar-refractivity contribution < 1.29 is 14.3 Å². The van der Waals surface area contributed by atoms with Crippen molar-refractivity contribution in [2.24, 2.45) is 5.73 Å². The van der Waals surface area contributed by atoms with Crippen LogP contribution in [0.1, 0.15) is 26.3 Å². The van der Waals surface area contributed by atoms with Crippen molar-refractivity contribution in [3.63, 3.8) is 0 Å². The summed E-state index contributed by atoms with van der Waals surface area (Å²) in [4.78, 5) is 23.1. The number of nitrogens with one attached hydrogen (secondary N) is 2. The molecule has 21 heavy (non-hydrogen) atoms. The summed E-state index contributed by atoms with van der Waals surface area (Å²) in [5.41, 5.74) is 6.17. The molecule has 0 aliphatic rings. The van der Waals surface area contributed by atoms with E-state index >= 15 is 0 Å². The van der Waals surface area contributed by atoms with Gasteiger partial charge in [0.1, 0.15) is 5.75 Å². The summed E-state index contributed by atoms with van der Waals surface area (Å²) >= 11 is 0. The molecule has 0 saturated heterocycles. The van der Waals surface area contributed by atoms with Gasteiger partial charge in [-0.2, -0.15) is 0 Å².